The molecule has 6 nitrogen and oxygen atoms in total. The van der Waals surface area contributed by atoms with Crippen LogP contribution in [0.5, 0.6) is 5.75 Å². The Kier molecular flexibility index (Phi) is 5.50. The lowest BCUT2D eigenvalue weighted by Crippen LogP contribution is -2.17. The number of para-hydroxylation sites is 1. The summed E-state index contributed by atoms with van der Waals surface area (Å²) in [6.45, 7) is 1.94. The molecule has 0 aliphatic rings. The van der Waals surface area contributed by atoms with Gasteiger partial charge in [-0.3, -0.25) is 14.0 Å². The molecule has 30 heavy (non-hydrogen) atoms. The zero-order valence-electron chi connectivity index (χ0n) is 16.1. The highest BCUT2D eigenvalue weighted by Gasteiger charge is 2.15. The van der Waals surface area contributed by atoms with E-state index in [1.54, 1.807) is 42.6 Å². The van der Waals surface area contributed by atoms with Gasteiger partial charge in [0.15, 0.2) is 0 Å². The highest BCUT2D eigenvalue weighted by Crippen LogP contribution is 2.25. The van der Waals surface area contributed by atoms with Crippen molar-refractivity contribution in [3.63, 3.8) is 0 Å². The first-order valence-electron chi connectivity index (χ1n) is 9.27. The molecule has 2 heterocycles. The summed E-state index contributed by atoms with van der Waals surface area (Å²) in [7, 11) is 0. The topological polar surface area (TPSA) is 72.7 Å². The van der Waals surface area contributed by atoms with Gasteiger partial charge < -0.3 is 10.1 Å². The molecule has 0 saturated heterocycles. The van der Waals surface area contributed by atoms with Crippen LogP contribution < -0.4 is 15.6 Å². The van der Waals surface area contributed by atoms with Gasteiger partial charge in [0.2, 0.25) is 0 Å². The predicted molar refractivity (Wildman–Crippen MR) is 116 cm³/mol. The monoisotopic (exact) mass is 419 g/mol. The van der Waals surface area contributed by atoms with Crippen LogP contribution in [-0.4, -0.2) is 15.3 Å². The normalized spacial score (nSPS) is 10.7. The number of hydrogen-bond donors (Lipinski definition) is 1. The van der Waals surface area contributed by atoms with E-state index < -0.39 is 0 Å². The molecule has 0 fully saturated rings. The summed E-state index contributed by atoms with van der Waals surface area (Å²) in [6, 6.07) is 19.0. The maximum atomic E-state index is 12.7. The van der Waals surface area contributed by atoms with Crippen LogP contribution in [0, 0.1) is 6.92 Å². The fourth-order valence-electron chi connectivity index (χ4n) is 3.01. The van der Waals surface area contributed by atoms with Gasteiger partial charge in [-0.25, -0.2) is 4.98 Å². The van der Waals surface area contributed by atoms with Gasteiger partial charge in [0.05, 0.1) is 11.3 Å². The largest absolute Gasteiger partial charge is 0.486 e. The Morgan fingerprint density at radius 3 is 2.70 bits per heavy atom. The maximum absolute atomic E-state index is 12.7. The molecule has 0 bridgehead atoms. The molecular formula is C23H18ClN3O3. The number of carbonyl (C=O) groups is 1. The SMILES string of the molecule is Cc1ccc2nc(COc3ccc(Cl)cc3C(=O)Nc3ccccc3)cc(=O)n2c1. The molecule has 1 N–H and O–H groups in total. The molecule has 0 radical (unpaired) electrons. The molecule has 0 unspecified atom stereocenters. The smallest absolute Gasteiger partial charge is 0.259 e. The standard InChI is InChI=1S/C23H18ClN3O3/c1-15-7-10-21-25-18(12-22(28)27(21)13-15)14-30-20-9-8-16(24)11-19(20)23(29)26-17-5-3-2-4-6-17/h2-13H,14H2,1H3,(H,26,29). The molecule has 4 rings (SSSR count). The molecule has 0 aliphatic carbocycles. The lowest BCUT2D eigenvalue weighted by atomic mass is 10.1. The second kappa shape index (κ2) is 8.39. The van der Waals surface area contributed by atoms with E-state index in [1.165, 1.54) is 10.5 Å². The number of aromatic nitrogens is 2. The second-order valence-electron chi connectivity index (χ2n) is 6.77. The number of aryl methyl sites for hydroxylation is 1. The van der Waals surface area contributed by atoms with Gasteiger partial charge in [0, 0.05) is 23.0 Å². The Morgan fingerprint density at radius 1 is 1.10 bits per heavy atom. The number of carbonyl (C=O) groups excluding carboxylic acids is 1. The molecule has 1 amide bonds. The van der Waals surface area contributed by atoms with Crippen molar-refractivity contribution in [3.8, 4) is 5.75 Å². The van der Waals surface area contributed by atoms with E-state index in [0.29, 0.717) is 33.4 Å². The molecule has 4 aromatic rings. The summed E-state index contributed by atoms with van der Waals surface area (Å²) in [5.41, 5.74) is 2.72. The van der Waals surface area contributed by atoms with E-state index in [-0.39, 0.29) is 18.1 Å². The highest BCUT2D eigenvalue weighted by molar-refractivity contribution is 6.31. The summed E-state index contributed by atoms with van der Waals surface area (Å²) in [4.78, 5) is 29.6. The van der Waals surface area contributed by atoms with Crippen molar-refractivity contribution in [2.24, 2.45) is 0 Å². The Morgan fingerprint density at radius 2 is 1.90 bits per heavy atom. The van der Waals surface area contributed by atoms with Crippen LogP contribution in [0.4, 0.5) is 5.69 Å². The second-order valence-corrected chi connectivity index (χ2v) is 7.21. The highest BCUT2D eigenvalue weighted by atomic mass is 35.5. The minimum Gasteiger partial charge on any atom is -0.486 e. The van der Waals surface area contributed by atoms with E-state index in [4.69, 9.17) is 16.3 Å². The number of benzene rings is 2. The van der Waals surface area contributed by atoms with Crippen molar-refractivity contribution in [1.82, 2.24) is 9.38 Å². The average molecular weight is 420 g/mol. The Balaban J connectivity index is 1.58. The number of nitrogens with one attached hydrogen (secondary N) is 1. The number of hydrogen-bond acceptors (Lipinski definition) is 4. The maximum Gasteiger partial charge on any atom is 0.259 e. The van der Waals surface area contributed by atoms with Crippen molar-refractivity contribution in [2.75, 3.05) is 5.32 Å². The summed E-state index contributed by atoms with van der Waals surface area (Å²) >= 11 is 6.09. The van der Waals surface area contributed by atoms with Crippen LogP contribution in [0.1, 0.15) is 21.6 Å². The first-order chi connectivity index (χ1) is 14.5. The number of anilines is 1. The van der Waals surface area contributed by atoms with Crippen LogP contribution in [0.15, 0.2) is 77.7 Å². The molecule has 2 aromatic carbocycles. The van der Waals surface area contributed by atoms with Gasteiger partial charge in [-0.15, -0.1) is 0 Å². The van der Waals surface area contributed by atoms with Crippen LogP contribution in [0.25, 0.3) is 5.65 Å². The molecule has 0 atom stereocenters. The van der Waals surface area contributed by atoms with Crippen molar-refractivity contribution in [3.05, 3.63) is 105 Å². The minimum absolute atomic E-state index is 0.0346. The van der Waals surface area contributed by atoms with Gasteiger partial charge in [0.25, 0.3) is 11.5 Å². The molecule has 7 heteroatoms. The fraction of sp³-hybridized carbons (Fsp3) is 0.0870. The van der Waals surface area contributed by atoms with E-state index in [0.717, 1.165) is 5.56 Å². The van der Waals surface area contributed by atoms with Crippen LogP contribution >= 0.6 is 11.6 Å². The molecule has 150 valence electrons. The van der Waals surface area contributed by atoms with E-state index in [9.17, 15) is 9.59 Å². The Bertz CT molecular complexity index is 1290. The van der Waals surface area contributed by atoms with Crippen molar-refractivity contribution >= 4 is 28.8 Å². The number of ether oxygens (including phenoxy) is 1. The third-order valence-electron chi connectivity index (χ3n) is 4.45. The summed E-state index contributed by atoms with van der Waals surface area (Å²) in [6.07, 6.45) is 1.74. The quantitative estimate of drug-likeness (QED) is 0.517. The molecule has 2 aromatic heterocycles. The van der Waals surface area contributed by atoms with E-state index >= 15 is 0 Å². The van der Waals surface area contributed by atoms with E-state index in [1.807, 2.05) is 31.2 Å². The van der Waals surface area contributed by atoms with Crippen molar-refractivity contribution < 1.29 is 9.53 Å². The predicted octanol–water partition coefficient (Wildman–Crippen LogP) is 4.49. The number of pyridine rings is 1. The molecular weight excluding hydrogens is 402 g/mol. The number of rotatable bonds is 5. The van der Waals surface area contributed by atoms with Crippen LogP contribution in [0.3, 0.4) is 0 Å². The zero-order valence-corrected chi connectivity index (χ0v) is 16.9. The number of halogens is 1. The van der Waals surface area contributed by atoms with Crippen LogP contribution in [0.2, 0.25) is 5.02 Å². The lowest BCUT2D eigenvalue weighted by molar-refractivity contribution is 0.102. The number of nitrogens with zero attached hydrogens (tertiary/aromatic N) is 2. The summed E-state index contributed by atoms with van der Waals surface area (Å²) in [5.74, 6) is -0.000508. The van der Waals surface area contributed by atoms with Gasteiger partial charge in [-0.1, -0.05) is 35.9 Å². The first-order valence-corrected chi connectivity index (χ1v) is 9.65. The van der Waals surface area contributed by atoms with Gasteiger partial charge in [-0.2, -0.15) is 0 Å². The lowest BCUT2D eigenvalue weighted by Gasteiger charge is -2.12. The van der Waals surface area contributed by atoms with E-state index in [2.05, 4.69) is 10.3 Å². The van der Waals surface area contributed by atoms with Crippen molar-refractivity contribution in [1.29, 1.82) is 0 Å². The number of fused-ring (bicyclic) bond motifs is 1. The fourth-order valence-corrected chi connectivity index (χ4v) is 3.18. The van der Waals surface area contributed by atoms with Gasteiger partial charge in [-0.05, 0) is 48.9 Å². The van der Waals surface area contributed by atoms with Gasteiger partial charge in [0.1, 0.15) is 18.0 Å². The third kappa shape index (κ3) is 4.34. The Labute approximate surface area is 177 Å². The zero-order chi connectivity index (χ0) is 21.1. The Hall–Kier alpha value is -3.64. The first kappa shape index (κ1) is 19.7. The van der Waals surface area contributed by atoms with Crippen LogP contribution in [-0.2, 0) is 6.61 Å². The molecule has 0 spiro atoms. The number of amides is 1. The van der Waals surface area contributed by atoms with Gasteiger partial charge >= 0.3 is 0 Å². The average Bonchev–Trinajstić information content (AvgIpc) is 2.74. The molecule has 0 saturated carbocycles. The van der Waals surface area contributed by atoms with Crippen molar-refractivity contribution in [2.45, 2.75) is 13.5 Å². The third-order valence-corrected chi connectivity index (χ3v) is 4.69. The minimum atomic E-state index is -0.347. The summed E-state index contributed by atoms with van der Waals surface area (Å²) in [5, 5.41) is 3.23. The summed E-state index contributed by atoms with van der Waals surface area (Å²) < 4.78 is 7.32. The molecule has 0 aliphatic heterocycles.